The van der Waals surface area contributed by atoms with Crippen molar-refractivity contribution in [1.29, 1.82) is 5.26 Å². The first kappa shape index (κ1) is 23.8. The third-order valence-corrected chi connectivity index (χ3v) is 5.42. The molecule has 0 unspecified atom stereocenters. The van der Waals surface area contributed by atoms with Crippen LogP contribution in [0.25, 0.3) is 10.9 Å². The number of aromatic nitrogens is 3. The van der Waals surface area contributed by atoms with Crippen LogP contribution >= 0.6 is 0 Å². The minimum absolute atomic E-state index is 0.268. The van der Waals surface area contributed by atoms with Gasteiger partial charge in [0, 0.05) is 11.5 Å². The molecule has 0 saturated carbocycles. The number of hydrogen-bond acceptors (Lipinski definition) is 4. The Kier molecular flexibility index (Phi) is 5.98. The number of nitrogens with zero attached hydrogens (tertiary/aromatic N) is 4. The summed E-state index contributed by atoms with van der Waals surface area (Å²) in [7, 11) is 0. The molecule has 0 radical (unpaired) electrons. The van der Waals surface area contributed by atoms with Crippen molar-refractivity contribution in [2.45, 2.75) is 26.6 Å². The summed E-state index contributed by atoms with van der Waals surface area (Å²) in [6.45, 7) is 3.59. The molecule has 0 spiro atoms. The van der Waals surface area contributed by atoms with E-state index in [0.717, 1.165) is 5.56 Å². The van der Waals surface area contributed by atoms with Crippen LogP contribution in [0.2, 0.25) is 0 Å². The van der Waals surface area contributed by atoms with Crippen LogP contribution in [0.4, 0.5) is 27.6 Å². The number of nitrogens with one attached hydrogen (secondary N) is 1. The number of amides is 1. The lowest BCUT2D eigenvalue weighted by Crippen LogP contribution is -2.17. The summed E-state index contributed by atoms with van der Waals surface area (Å²) in [6, 6.07) is 10.5. The highest BCUT2D eigenvalue weighted by Gasteiger charge is 2.34. The summed E-state index contributed by atoms with van der Waals surface area (Å²) in [5, 5.41) is 15.6. The monoisotopic (exact) mass is 485 g/mol. The van der Waals surface area contributed by atoms with E-state index >= 15 is 0 Å². The maximum Gasteiger partial charge on any atom is 0.433 e. The first-order valence-corrected chi connectivity index (χ1v) is 10.2. The zero-order valence-corrected chi connectivity index (χ0v) is 18.3. The number of rotatable bonds is 4. The van der Waals surface area contributed by atoms with E-state index in [0.29, 0.717) is 41.7 Å². The zero-order chi connectivity index (χ0) is 25.5. The number of benzene rings is 2. The van der Waals surface area contributed by atoms with Gasteiger partial charge in [-0.1, -0.05) is 12.1 Å². The number of carbonyl (C=O) groups excluding carboxylic acids is 1. The molecule has 0 saturated heterocycles. The summed E-state index contributed by atoms with van der Waals surface area (Å²) >= 11 is 0. The van der Waals surface area contributed by atoms with Gasteiger partial charge in [0.25, 0.3) is 5.91 Å². The summed E-state index contributed by atoms with van der Waals surface area (Å²) in [5.41, 5.74) is 0.0849. The van der Waals surface area contributed by atoms with E-state index in [1.807, 2.05) is 6.07 Å². The highest BCUT2D eigenvalue weighted by Crippen LogP contribution is 2.32. The predicted molar refractivity (Wildman–Crippen MR) is 117 cm³/mol. The van der Waals surface area contributed by atoms with E-state index in [2.05, 4.69) is 15.4 Å². The zero-order valence-electron chi connectivity index (χ0n) is 18.3. The maximum absolute atomic E-state index is 13.9. The van der Waals surface area contributed by atoms with Gasteiger partial charge in [-0.3, -0.25) is 9.48 Å². The largest absolute Gasteiger partial charge is 0.433 e. The van der Waals surface area contributed by atoms with Gasteiger partial charge in [-0.05, 0) is 43.7 Å². The fourth-order valence-corrected chi connectivity index (χ4v) is 3.62. The highest BCUT2D eigenvalue weighted by atomic mass is 19.4. The Balaban J connectivity index is 1.71. The lowest BCUT2D eigenvalue weighted by Gasteiger charge is -2.13. The van der Waals surface area contributed by atoms with E-state index < -0.39 is 40.5 Å². The summed E-state index contributed by atoms with van der Waals surface area (Å²) in [5.74, 6) is -3.67. The highest BCUT2D eigenvalue weighted by molar-refractivity contribution is 6.12. The van der Waals surface area contributed by atoms with Crippen LogP contribution < -0.4 is 5.32 Å². The third-order valence-electron chi connectivity index (χ3n) is 5.42. The fourth-order valence-electron chi connectivity index (χ4n) is 3.62. The Hall–Kier alpha value is -4.33. The average molecular weight is 485 g/mol. The molecule has 0 aliphatic carbocycles. The molecule has 0 aliphatic rings. The number of carbonyl (C=O) groups is 1. The molecular formula is C24H16F5N5O. The number of fused-ring (bicyclic) bond motifs is 1. The van der Waals surface area contributed by atoms with Gasteiger partial charge in [0.2, 0.25) is 0 Å². The van der Waals surface area contributed by atoms with Crippen molar-refractivity contribution < 1.29 is 26.7 Å². The van der Waals surface area contributed by atoms with E-state index in [4.69, 9.17) is 5.26 Å². The first-order chi connectivity index (χ1) is 16.5. The van der Waals surface area contributed by atoms with Crippen molar-refractivity contribution >= 4 is 22.5 Å². The molecule has 1 N–H and O–H groups in total. The van der Waals surface area contributed by atoms with Gasteiger partial charge in [0.1, 0.15) is 5.69 Å². The smallest absolute Gasteiger partial charge is 0.319 e. The van der Waals surface area contributed by atoms with E-state index in [-0.39, 0.29) is 11.1 Å². The molecule has 4 aromatic rings. The molecule has 6 nitrogen and oxygen atoms in total. The normalized spacial score (nSPS) is 11.5. The van der Waals surface area contributed by atoms with Crippen LogP contribution in [0, 0.1) is 36.8 Å². The van der Waals surface area contributed by atoms with Crippen molar-refractivity contribution in [3.63, 3.8) is 0 Å². The summed E-state index contributed by atoms with van der Waals surface area (Å²) in [6.07, 6.45) is -4.91. The molecular weight excluding hydrogens is 469 g/mol. The first-order valence-electron chi connectivity index (χ1n) is 10.2. The Morgan fingerprint density at radius 3 is 2.37 bits per heavy atom. The number of alkyl halides is 3. The molecule has 2 heterocycles. The molecule has 178 valence electrons. The van der Waals surface area contributed by atoms with Gasteiger partial charge < -0.3 is 5.32 Å². The van der Waals surface area contributed by atoms with Crippen molar-refractivity contribution in [2.24, 2.45) is 0 Å². The maximum atomic E-state index is 13.9. The minimum Gasteiger partial charge on any atom is -0.319 e. The van der Waals surface area contributed by atoms with Crippen molar-refractivity contribution in [2.75, 3.05) is 5.32 Å². The van der Waals surface area contributed by atoms with Crippen LogP contribution in [-0.4, -0.2) is 20.7 Å². The predicted octanol–water partition coefficient (Wildman–Crippen LogP) is 5.52. The second kappa shape index (κ2) is 8.79. The summed E-state index contributed by atoms with van der Waals surface area (Å²) < 4.78 is 69.2. The van der Waals surface area contributed by atoms with Gasteiger partial charge in [-0.15, -0.1) is 0 Å². The van der Waals surface area contributed by atoms with Gasteiger partial charge in [-0.2, -0.15) is 23.5 Å². The number of hydrogen-bond donors (Lipinski definition) is 1. The van der Waals surface area contributed by atoms with Crippen molar-refractivity contribution in [3.05, 3.63) is 87.9 Å². The van der Waals surface area contributed by atoms with E-state index in [1.54, 1.807) is 42.8 Å². The Bertz CT molecular complexity index is 1500. The van der Waals surface area contributed by atoms with Crippen molar-refractivity contribution in [1.82, 2.24) is 14.8 Å². The van der Waals surface area contributed by atoms with Gasteiger partial charge in [0.05, 0.1) is 46.3 Å². The molecule has 2 aromatic carbocycles. The van der Waals surface area contributed by atoms with E-state index in [1.165, 1.54) is 0 Å². The lowest BCUT2D eigenvalue weighted by molar-refractivity contribution is -0.140. The topological polar surface area (TPSA) is 83.6 Å². The number of pyridine rings is 1. The second-order valence-corrected chi connectivity index (χ2v) is 7.80. The van der Waals surface area contributed by atoms with Crippen LogP contribution in [0.1, 0.15) is 38.6 Å². The van der Waals surface area contributed by atoms with Crippen LogP contribution in [0.5, 0.6) is 0 Å². The molecule has 0 bridgehead atoms. The Morgan fingerprint density at radius 1 is 1.09 bits per heavy atom. The van der Waals surface area contributed by atoms with Crippen LogP contribution in [0.15, 0.2) is 42.5 Å². The molecule has 2 aromatic heterocycles. The molecule has 0 fully saturated rings. The standard InChI is InChI=1S/C24H16F5N5O/c1-12-22(13(2)34(33-12)11-15-5-3-14(10-30)4-6-15)32-23(35)17-8-21(24(27,28)29)31-20-9-19(26)18(25)7-16(17)20/h3-9H,11H2,1-2H3,(H,32,35). The Labute approximate surface area is 195 Å². The molecule has 1 amide bonds. The van der Waals surface area contributed by atoms with Gasteiger partial charge in [-0.25, -0.2) is 13.8 Å². The van der Waals surface area contributed by atoms with E-state index in [9.17, 15) is 26.7 Å². The minimum atomic E-state index is -4.91. The molecule has 35 heavy (non-hydrogen) atoms. The average Bonchev–Trinajstić information content (AvgIpc) is 3.06. The molecule has 11 heteroatoms. The molecule has 4 rings (SSSR count). The van der Waals surface area contributed by atoms with Crippen LogP contribution in [0.3, 0.4) is 0 Å². The third kappa shape index (κ3) is 4.68. The molecule has 0 atom stereocenters. The SMILES string of the molecule is Cc1nn(Cc2ccc(C#N)cc2)c(C)c1NC(=O)c1cc(C(F)(F)F)nc2cc(F)c(F)cc12. The Morgan fingerprint density at radius 2 is 1.74 bits per heavy atom. The van der Waals surface area contributed by atoms with Crippen molar-refractivity contribution in [3.8, 4) is 6.07 Å². The summed E-state index contributed by atoms with van der Waals surface area (Å²) in [4.78, 5) is 16.4. The molecule has 0 aliphatic heterocycles. The number of halogens is 5. The number of anilines is 1. The van der Waals surface area contributed by atoms with Gasteiger partial charge in [0.15, 0.2) is 11.6 Å². The quantitative estimate of drug-likeness (QED) is 0.386. The second-order valence-electron chi connectivity index (χ2n) is 7.80. The number of nitriles is 1. The van der Waals surface area contributed by atoms with Gasteiger partial charge >= 0.3 is 6.18 Å². The lowest BCUT2D eigenvalue weighted by atomic mass is 10.1. The fraction of sp³-hybridized carbons (Fsp3) is 0.167. The number of aryl methyl sites for hydroxylation is 1. The van der Waals surface area contributed by atoms with Crippen LogP contribution in [-0.2, 0) is 12.7 Å².